The Hall–Kier alpha value is -1.87. The summed E-state index contributed by atoms with van der Waals surface area (Å²) in [5.74, 6) is 2.19. The molecule has 0 fully saturated rings. The van der Waals surface area contributed by atoms with Crippen LogP contribution in [0.2, 0.25) is 0 Å². The molecule has 1 rings (SSSR count). The first-order chi connectivity index (χ1) is 9.04. The highest BCUT2D eigenvalue weighted by Gasteiger charge is 2.13. The van der Waals surface area contributed by atoms with Gasteiger partial charge in [0.15, 0.2) is 0 Å². The molecule has 0 spiro atoms. The van der Waals surface area contributed by atoms with Crippen molar-refractivity contribution >= 4 is 27.5 Å². The zero-order chi connectivity index (χ0) is 14.3. The number of unbranched alkanes of at least 4 members (excludes halogenated alkanes) is 2. The van der Waals surface area contributed by atoms with Gasteiger partial charge in [0, 0.05) is 35.1 Å². The monoisotopic (exact) mass is 324 g/mol. The van der Waals surface area contributed by atoms with Gasteiger partial charge in [0.1, 0.15) is 0 Å². The van der Waals surface area contributed by atoms with E-state index in [-0.39, 0.29) is 17.2 Å². The lowest BCUT2D eigenvalue weighted by Gasteiger charge is -2.05. The van der Waals surface area contributed by atoms with Gasteiger partial charge in [-0.05, 0) is 18.9 Å². The maximum atomic E-state index is 11.8. The van der Waals surface area contributed by atoms with E-state index in [1.54, 1.807) is 6.07 Å². The topological polar surface area (TPSA) is 72.2 Å². The van der Waals surface area contributed by atoms with E-state index in [4.69, 9.17) is 6.42 Å². The molecule has 0 saturated heterocycles. The van der Waals surface area contributed by atoms with Crippen LogP contribution in [0.3, 0.4) is 0 Å². The minimum absolute atomic E-state index is 0.119. The summed E-state index contributed by atoms with van der Waals surface area (Å²) in [6.45, 7) is 0.501. The molecule has 0 bridgehead atoms. The van der Waals surface area contributed by atoms with Crippen LogP contribution in [0.15, 0.2) is 22.7 Å². The van der Waals surface area contributed by atoms with Crippen molar-refractivity contribution in [2.75, 3.05) is 6.54 Å². The molecule has 0 aliphatic carbocycles. The molecule has 5 nitrogen and oxygen atoms in total. The first-order valence-electron chi connectivity index (χ1n) is 5.71. The fourth-order valence-corrected chi connectivity index (χ4v) is 1.95. The molecule has 19 heavy (non-hydrogen) atoms. The van der Waals surface area contributed by atoms with E-state index >= 15 is 0 Å². The highest BCUT2D eigenvalue weighted by molar-refractivity contribution is 9.10. The molecular formula is C13H13BrN2O3. The Bertz CT molecular complexity index is 523. The van der Waals surface area contributed by atoms with Gasteiger partial charge in [0.05, 0.1) is 4.92 Å². The van der Waals surface area contributed by atoms with Crippen molar-refractivity contribution in [2.45, 2.75) is 19.3 Å². The van der Waals surface area contributed by atoms with E-state index in [1.807, 2.05) is 0 Å². The molecule has 1 aromatic carbocycles. The van der Waals surface area contributed by atoms with Crippen LogP contribution in [0.4, 0.5) is 5.69 Å². The normalized spacial score (nSPS) is 9.68. The number of nitro groups is 1. The van der Waals surface area contributed by atoms with E-state index in [0.29, 0.717) is 17.4 Å². The van der Waals surface area contributed by atoms with Crippen LogP contribution in [0.25, 0.3) is 0 Å². The molecule has 6 heteroatoms. The third kappa shape index (κ3) is 5.10. The summed E-state index contributed by atoms with van der Waals surface area (Å²) in [5, 5.41) is 13.4. The summed E-state index contributed by atoms with van der Waals surface area (Å²) in [7, 11) is 0. The van der Waals surface area contributed by atoms with Gasteiger partial charge in [0.2, 0.25) is 0 Å². The van der Waals surface area contributed by atoms with E-state index in [2.05, 4.69) is 27.2 Å². The lowest BCUT2D eigenvalue weighted by Crippen LogP contribution is -2.24. The average Bonchev–Trinajstić information content (AvgIpc) is 2.37. The number of non-ortho nitro benzene ring substituents is 1. The van der Waals surface area contributed by atoms with Crippen LogP contribution in [-0.2, 0) is 0 Å². The van der Waals surface area contributed by atoms with Gasteiger partial charge < -0.3 is 5.32 Å². The number of hydrogen-bond donors (Lipinski definition) is 1. The molecule has 0 atom stereocenters. The molecule has 0 unspecified atom stereocenters. The fraction of sp³-hybridized carbons (Fsp3) is 0.308. The van der Waals surface area contributed by atoms with Gasteiger partial charge in [-0.3, -0.25) is 14.9 Å². The standard InChI is InChI=1S/C13H13BrN2O3/c1-2-3-4-5-6-15-13(17)10-7-11(14)9-12(8-10)16(18)19/h1,7-9H,3-6H2,(H,15,17). The van der Waals surface area contributed by atoms with Gasteiger partial charge in [-0.2, -0.15) is 0 Å². The van der Waals surface area contributed by atoms with Crippen LogP contribution >= 0.6 is 15.9 Å². The van der Waals surface area contributed by atoms with E-state index in [1.165, 1.54) is 12.1 Å². The van der Waals surface area contributed by atoms with Crippen LogP contribution in [-0.4, -0.2) is 17.4 Å². The van der Waals surface area contributed by atoms with Crippen molar-refractivity contribution in [3.8, 4) is 12.3 Å². The van der Waals surface area contributed by atoms with E-state index < -0.39 is 4.92 Å². The number of nitrogens with zero attached hydrogens (tertiary/aromatic N) is 1. The Morgan fingerprint density at radius 1 is 1.42 bits per heavy atom. The molecule has 0 saturated carbocycles. The number of carbonyl (C=O) groups excluding carboxylic acids is 1. The zero-order valence-corrected chi connectivity index (χ0v) is 11.8. The molecule has 100 valence electrons. The SMILES string of the molecule is C#CCCCCNC(=O)c1cc(Br)cc([N+](=O)[O-])c1. The molecule has 0 aliphatic heterocycles. The highest BCUT2D eigenvalue weighted by atomic mass is 79.9. The van der Waals surface area contributed by atoms with Crippen molar-refractivity contribution in [3.63, 3.8) is 0 Å². The molecule has 0 radical (unpaired) electrons. The number of nitrogens with one attached hydrogen (secondary N) is 1. The number of benzene rings is 1. The minimum atomic E-state index is -0.533. The van der Waals surface area contributed by atoms with Gasteiger partial charge in [-0.1, -0.05) is 15.9 Å². The van der Waals surface area contributed by atoms with Crippen molar-refractivity contribution in [1.29, 1.82) is 0 Å². The lowest BCUT2D eigenvalue weighted by atomic mass is 10.2. The van der Waals surface area contributed by atoms with Crippen LogP contribution < -0.4 is 5.32 Å². The summed E-state index contributed by atoms with van der Waals surface area (Å²) >= 11 is 3.15. The average molecular weight is 325 g/mol. The number of rotatable bonds is 6. The Morgan fingerprint density at radius 2 is 2.16 bits per heavy atom. The number of terminal acetylenes is 1. The van der Waals surface area contributed by atoms with Crippen molar-refractivity contribution in [3.05, 3.63) is 38.3 Å². The Labute approximate surface area is 119 Å². The lowest BCUT2D eigenvalue weighted by molar-refractivity contribution is -0.385. The van der Waals surface area contributed by atoms with Gasteiger partial charge >= 0.3 is 0 Å². The number of amides is 1. The third-order valence-electron chi connectivity index (χ3n) is 2.39. The van der Waals surface area contributed by atoms with Crippen molar-refractivity contribution < 1.29 is 9.72 Å². The second kappa shape index (κ2) is 7.54. The predicted molar refractivity (Wildman–Crippen MR) is 75.8 cm³/mol. The maximum absolute atomic E-state index is 11.8. The van der Waals surface area contributed by atoms with Crippen LogP contribution in [0.1, 0.15) is 29.6 Å². The molecule has 1 amide bonds. The van der Waals surface area contributed by atoms with Crippen molar-refractivity contribution in [1.82, 2.24) is 5.32 Å². The summed E-state index contributed by atoms with van der Waals surface area (Å²) < 4.78 is 0.499. The smallest absolute Gasteiger partial charge is 0.271 e. The fourth-order valence-electron chi connectivity index (χ4n) is 1.47. The zero-order valence-electron chi connectivity index (χ0n) is 10.2. The number of hydrogen-bond acceptors (Lipinski definition) is 3. The molecule has 0 aliphatic rings. The third-order valence-corrected chi connectivity index (χ3v) is 2.85. The Morgan fingerprint density at radius 3 is 2.79 bits per heavy atom. The van der Waals surface area contributed by atoms with Crippen LogP contribution in [0, 0.1) is 22.5 Å². The quantitative estimate of drug-likeness (QED) is 0.378. The number of carbonyl (C=O) groups is 1. The summed E-state index contributed by atoms with van der Waals surface area (Å²) in [6.07, 6.45) is 7.42. The van der Waals surface area contributed by atoms with Crippen molar-refractivity contribution in [2.24, 2.45) is 0 Å². The molecule has 0 aromatic heterocycles. The minimum Gasteiger partial charge on any atom is -0.352 e. The second-order valence-corrected chi connectivity index (χ2v) is 4.79. The van der Waals surface area contributed by atoms with Crippen LogP contribution in [0.5, 0.6) is 0 Å². The predicted octanol–water partition coefficient (Wildman–Crippen LogP) is 2.89. The van der Waals surface area contributed by atoms with Gasteiger partial charge in [-0.25, -0.2) is 0 Å². The maximum Gasteiger partial charge on any atom is 0.271 e. The molecular weight excluding hydrogens is 312 g/mol. The molecule has 1 aromatic rings. The first kappa shape index (κ1) is 15.2. The largest absolute Gasteiger partial charge is 0.352 e. The Balaban J connectivity index is 2.62. The number of nitro benzene ring substituents is 1. The summed E-state index contributed by atoms with van der Waals surface area (Å²) in [5.41, 5.74) is 0.143. The number of halogens is 1. The highest BCUT2D eigenvalue weighted by Crippen LogP contribution is 2.21. The Kier molecular flexibility index (Phi) is 6.03. The molecule has 1 N–H and O–H groups in total. The van der Waals surface area contributed by atoms with E-state index in [9.17, 15) is 14.9 Å². The molecule has 0 heterocycles. The first-order valence-corrected chi connectivity index (χ1v) is 6.50. The van der Waals surface area contributed by atoms with E-state index in [0.717, 1.165) is 12.8 Å². The summed E-state index contributed by atoms with van der Waals surface area (Å²) in [6, 6.07) is 4.15. The van der Waals surface area contributed by atoms with Gasteiger partial charge in [-0.15, -0.1) is 12.3 Å². The summed E-state index contributed by atoms with van der Waals surface area (Å²) in [4.78, 5) is 22.0. The van der Waals surface area contributed by atoms with Gasteiger partial charge in [0.25, 0.3) is 11.6 Å². The second-order valence-electron chi connectivity index (χ2n) is 3.87.